The molecule has 0 radical (unpaired) electrons. The molecule has 14 aromatic rings. The van der Waals surface area contributed by atoms with Crippen molar-refractivity contribution >= 4 is 87.0 Å². The minimum absolute atomic E-state index is 0.141. The van der Waals surface area contributed by atoms with Gasteiger partial charge in [0, 0.05) is 32.5 Å². The predicted octanol–water partition coefficient (Wildman–Crippen LogP) is 19.1. The third-order valence-electron chi connectivity index (χ3n) is 15.4. The van der Waals surface area contributed by atoms with E-state index in [1.807, 2.05) is 12.1 Å². The van der Waals surface area contributed by atoms with Gasteiger partial charge in [-0.15, -0.1) is 0 Å². The van der Waals surface area contributed by atoms with Gasteiger partial charge in [-0.2, -0.15) is 0 Å². The molecular weight excluding hydrogens is 837 g/mol. The second-order valence-electron chi connectivity index (χ2n) is 19.4. The SMILES string of the molecule is CC1(C)c2ccc(-c3ccc4oc5ccc(-c6c7ccccc7c(-c7ccc(-c8cccc9c8oc8ccccc89)cc7)c7ccccc67)cc5c4c3)cc2-c2c1c1ccccc1c1ccccc21. The fourth-order valence-corrected chi connectivity index (χ4v) is 12.3. The van der Waals surface area contributed by atoms with Gasteiger partial charge in [0.1, 0.15) is 22.3 Å². The zero-order valence-electron chi connectivity index (χ0n) is 38.1. The lowest BCUT2D eigenvalue weighted by atomic mass is 9.79. The summed E-state index contributed by atoms with van der Waals surface area (Å²) in [5, 5.41) is 14.7. The smallest absolute Gasteiger partial charge is 0.143 e. The van der Waals surface area contributed by atoms with Gasteiger partial charge < -0.3 is 8.83 Å². The third kappa shape index (κ3) is 5.43. The van der Waals surface area contributed by atoms with Gasteiger partial charge in [0.15, 0.2) is 0 Å². The van der Waals surface area contributed by atoms with Crippen LogP contribution in [0.1, 0.15) is 25.0 Å². The van der Waals surface area contributed by atoms with Crippen molar-refractivity contribution in [3.8, 4) is 55.6 Å². The number of para-hydroxylation sites is 2. The minimum atomic E-state index is -0.141. The monoisotopic (exact) mass is 878 g/mol. The molecule has 0 saturated heterocycles. The molecule has 0 aliphatic heterocycles. The van der Waals surface area contributed by atoms with Crippen molar-refractivity contribution in [2.24, 2.45) is 0 Å². The van der Waals surface area contributed by atoms with E-state index in [-0.39, 0.29) is 5.41 Å². The van der Waals surface area contributed by atoms with E-state index in [0.717, 1.165) is 55.0 Å². The van der Waals surface area contributed by atoms with Crippen LogP contribution in [0.2, 0.25) is 0 Å². The van der Waals surface area contributed by atoms with Crippen LogP contribution in [0.5, 0.6) is 0 Å². The molecule has 2 nitrogen and oxygen atoms in total. The number of fused-ring (bicyclic) bond motifs is 16. The van der Waals surface area contributed by atoms with Gasteiger partial charge in [-0.05, 0) is 141 Å². The Bertz CT molecular complexity index is 4440. The van der Waals surface area contributed by atoms with Crippen LogP contribution in [0.15, 0.2) is 227 Å². The zero-order chi connectivity index (χ0) is 45.5. The Kier molecular flexibility index (Phi) is 7.87. The lowest BCUT2D eigenvalue weighted by Crippen LogP contribution is -2.15. The second-order valence-corrected chi connectivity index (χ2v) is 19.4. The van der Waals surface area contributed by atoms with Gasteiger partial charge in [0.25, 0.3) is 0 Å². The molecule has 1 aliphatic rings. The zero-order valence-corrected chi connectivity index (χ0v) is 38.1. The average molecular weight is 879 g/mol. The highest BCUT2D eigenvalue weighted by Gasteiger charge is 2.38. The van der Waals surface area contributed by atoms with E-state index in [0.29, 0.717) is 0 Å². The highest BCUT2D eigenvalue weighted by atomic mass is 16.3. The highest BCUT2D eigenvalue weighted by molar-refractivity contribution is 6.23. The third-order valence-corrected chi connectivity index (χ3v) is 15.4. The molecule has 0 amide bonds. The van der Waals surface area contributed by atoms with Crippen LogP contribution < -0.4 is 0 Å². The van der Waals surface area contributed by atoms with Crippen LogP contribution in [-0.4, -0.2) is 0 Å². The van der Waals surface area contributed by atoms with Crippen molar-refractivity contribution in [2.45, 2.75) is 19.3 Å². The van der Waals surface area contributed by atoms with Crippen LogP contribution in [-0.2, 0) is 5.41 Å². The van der Waals surface area contributed by atoms with Gasteiger partial charge in [0.05, 0.1) is 0 Å². The molecule has 0 bridgehead atoms. The van der Waals surface area contributed by atoms with E-state index in [1.165, 1.54) is 98.7 Å². The summed E-state index contributed by atoms with van der Waals surface area (Å²) in [6, 6.07) is 80.0. The molecule has 2 heteroatoms. The number of hydrogen-bond donors (Lipinski definition) is 0. The lowest BCUT2D eigenvalue weighted by Gasteiger charge is -2.24. The van der Waals surface area contributed by atoms with Crippen molar-refractivity contribution in [1.29, 1.82) is 0 Å². The Morgan fingerprint density at radius 1 is 0.275 bits per heavy atom. The summed E-state index contributed by atoms with van der Waals surface area (Å²) in [6.07, 6.45) is 0. The first-order valence-electron chi connectivity index (χ1n) is 24.0. The first kappa shape index (κ1) is 38.4. The first-order chi connectivity index (χ1) is 34.0. The first-order valence-corrected chi connectivity index (χ1v) is 24.0. The molecule has 0 spiro atoms. The lowest BCUT2D eigenvalue weighted by molar-refractivity contribution is 0.666. The van der Waals surface area contributed by atoms with Crippen molar-refractivity contribution < 1.29 is 8.83 Å². The Balaban J connectivity index is 0.862. The Morgan fingerprint density at radius 3 is 1.39 bits per heavy atom. The highest BCUT2D eigenvalue weighted by Crippen LogP contribution is 2.55. The van der Waals surface area contributed by atoms with Crippen LogP contribution >= 0.6 is 0 Å². The topological polar surface area (TPSA) is 26.3 Å². The Morgan fingerprint density at radius 2 is 0.725 bits per heavy atom. The van der Waals surface area contributed by atoms with E-state index < -0.39 is 0 Å². The second kappa shape index (κ2) is 14.2. The summed E-state index contributed by atoms with van der Waals surface area (Å²) in [7, 11) is 0. The van der Waals surface area contributed by atoms with Gasteiger partial charge in [-0.25, -0.2) is 0 Å². The summed E-state index contributed by atoms with van der Waals surface area (Å²) in [6.45, 7) is 4.78. The predicted molar refractivity (Wildman–Crippen MR) is 290 cm³/mol. The fourth-order valence-electron chi connectivity index (χ4n) is 12.3. The van der Waals surface area contributed by atoms with Crippen molar-refractivity contribution in [2.75, 3.05) is 0 Å². The quantitative estimate of drug-likeness (QED) is 0.130. The molecule has 1 aliphatic carbocycles. The maximum atomic E-state index is 6.60. The minimum Gasteiger partial charge on any atom is -0.456 e. The molecule has 0 atom stereocenters. The van der Waals surface area contributed by atoms with E-state index in [1.54, 1.807) is 0 Å². The van der Waals surface area contributed by atoms with Crippen LogP contribution in [0, 0.1) is 0 Å². The molecule has 0 fully saturated rings. The molecule has 15 rings (SSSR count). The molecule has 2 heterocycles. The number of rotatable bonds is 4. The van der Waals surface area contributed by atoms with Gasteiger partial charge >= 0.3 is 0 Å². The van der Waals surface area contributed by atoms with E-state index in [2.05, 4.69) is 220 Å². The Hall–Kier alpha value is -8.72. The van der Waals surface area contributed by atoms with E-state index in [4.69, 9.17) is 8.83 Å². The van der Waals surface area contributed by atoms with E-state index >= 15 is 0 Å². The summed E-state index contributed by atoms with van der Waals surface area (Å²) in [5.74, 6) is 0. The summed E-state index contributed by atoms with van der Waals surface area (Å²) in [5.41, 5.74) is 18.4. The fraction of sp³-hybridized carbons (Fsp3) is 0.0448. The number of hydrogen-bond acceptors (Lipinski definition) is 2. The normalized spacial score (nSPS) is 13.2. The van der Waals surface area contributed by atoms with E-state index in [9.17, 15) is 0 Å². The summed E-state index contributed by atoms with van der Waals surface area (Å²) < 4.78 is 13.0. The van der Waals surface area contributed by atoms with Gasteiger partial charge in [-0.1, -0.05) is 196 Å². The van der Waals surface area contributed by atoms with Gasteiger partial charge in [-0.3, -0.25) is 0 Å². The van der Waals surface area contributed by atoms with Crippen molar-refractivity contribution in [3.63, 3.8) is 0 Å². The standard InChI is InChI=1S/C67H42O2/c1-67(2)58-33-30-41(37-57(58)64-48-17-5-3-14-45(48)46-15-4-10-22-53(46)65(64)67)42-31-34-60-55(36-42)56-38-43(32-35-61(56)68-60)63-51-20-8-6-18-49(51)62(50-19-7-9-21-52(50)63)40-28-26-39(27-29-40)44-23-13-24-54-47-16-11-12-25-59(47)69-66(44)54/h3-38H,1-2H3. The van der Waals surface area contributed by atoms with Crippen molar-refractivity contribution in [3.05, 3.63) is 230 Å². The maximum absolute atomic E-state index is 6.60. The number of benzene rings is 12. The van der Waals surface area contributed by atoms with Gasteiger partial charge in [0.2, 0.25) is 0 Å². The largest absolute Gasteiger partial charge is 0.456 e. The maximum Gasteiger partial charge on any atom is 0.143 e. The molecule has 2 aromatic heterocycles. The molecule has 0 N–H and O–H groups in total. The van der Waals surface area contributed by atoms with Crippen LogP contribution in [0.3, 0.4) is 0 Å². The molecule has 0 saturated carbocycles. The molecule has 12 aromatic carbocycles. The van der Waals surface area contributed by atoms with Crippen LogP contribution in [0.25, 0.3) is 143 Å². The molecule has 69 heavy (non-hydrogen) atoms. The van der Waals surface area contributed by atoms with Crippen molar-refractivity contribution in [1.82, 2.24) is 0 Å². The summed E-state index contributed by atoms with van der Waals surface area (Å²) in [4.78, 5) is 0. The summed E-state index contributed by atoms with van der Waals surface area (Å²) >= 11 is 0. The average Bonchev–Trinajstić information content (AvgIpc) is 4.05. The number of furan rings is 2. The Labute approximate surface area is 398 Å². The molecule has 0 unspecified atom stereocenters. The molecule has 322 valence electrons. The van der Waals surface area contributed by atoms with Crippen LogP contribution in [0.4, 0.5) is 0 Å². The molecular formula is C67H42O2.